The van der Waals surface area contributed by atoms with Gasteiger partial charge in [-0.15, -0.1) is 0 Å². The van der Waals surface area contributed by atoms with Crippen molar-refractivity contribution in [3.8, 4) is 11.5 Å². The molecule has 1 atom stereocenters. The number of hydrogen-bond donors (Lipinski definition) is 3. The van der Waals surface area contributed by atoms with E-state index in [1.807, 2.05) is 0 Å². The number of thiocarbonyl (C=S) groups is 1. The fourth-order valence-corrected chi connectivity index (χ4v) is 2.90. The maximum Gasteiger partial charge on any atom is 0.252 e. The van der Waals surface area contributed by atoms with E-state index in [0.717, 1.165) is 0 Å². The van der Waals surface area contributed by atoms with Crippen molar-refractivity contribution in [2.45, 2.75) is 9.96 Å². The van der Waals surface area contributed by atoms with Gasteiger partial charge in [-0.1, -0.05) is 46.4 Å². The molecule has 0 aliphatic carbocycles. The van der Waals surface area contributed by atoms with Gasteiger partial charge < -0.3 is 25.4 Å². The predicted octanol–water partition coefficient (Wildman–Crippen LogP) is 4.77. The first-order valence-electron chi connectivity index (χ1n) is 8.06. The van der Waals surface area contributed by atoms with E-state index in [0.29, 0.717) is 27.8 Å². The Balaban J connectivity index is 2.13. The minimum Gasteiger partial charge on any atom is -0.497 e. The van der Waals surface area contributed by atoms with Gasteiger partial charge in [-0.2, -0.15) is 0 Å². The molecule has 0 bridgehead atoms. The summed E-state index contributed by atoms with van der Waals surface area (Å²) in [6.45, 7) is 0. The Morgan fingerprint density at radius 2 is 1.69 bits per heavy atom. The lowest BCUT2D eigenvalue weighted by Crippen LogP contribution is -2.56. The van der Waals surface area contributed by atoms with Crippen molar-refractivity contribution in [2.75, 3.05) is 19.5 Å². The molecule has 2 rings (SSSR count). The van der Waals surface area contributed by atoms with Crippen LogP contribution in [-0.2, 0) is 0 Å². The highest BCUT2D eigenvalue weighted by molar-refractivity contribution is 7.80. The minimum atomic E-state index is -1.90. The van der Waals surface area contributed by atoms with Crippen LogP contribution < -0.4 is 25.4 Å². The zero-order valence-electron chi connectivity index (χ0n) is 15.3. The number of carbonyl (C=O) groups excluding carboxylic acids is 1. The molecule has 0 aliphatic rings. The molecule has 0 radical (unpaired) electrons. The third-order valence-corrected chi connectivity index (χ3v) is 4.77. The summed E-state index contributed by atoms with van der Waals surface area (Å²) in [7, 11) is 3.05. The third kappa shape index (κ3) is 6.97. The molecule has 6 nitrogen and oxygen atoms in total. The average Bonchev–Trinajstić information content (AvgIpc) is 2.67. The quantitative estimate of drug-likeness (QED) is 0.304. The molecule has 0 fully saturated rings. The normalized spacial score (nSPS) is 11.9. The van der Waals surface area contributed by atoms with Crippen LogP contribution in [0.1, 0.15) is 10.4 Å². The summed E-state index contributed by atoms with van der Waals surface area (Å²) in [5, 5.41) is 8.88. The van der Waals surface area contributed by atoms with Crippen LogP contribution in [0.4, 0.5) is 5.69 Å². The van der Waals surface area contributed by atoms with Crippen molar-refractivity contribution >= 4 is 75.3 Å². The Kier molecular flexibility index (Phi) is 8.48. The van der Waals surface area contributed by atoms with E-state index in [-0.39, 0.29) is 5.11 Å². The molecule has 0 saturated carbocycles. The standard InChI is InChI=1S/C18H17Cl4N3O3S/c1-27-12-7-8-14(28-2)13(9-12)23-17(29)25-16(18(20,21)22)24-15(26)10-3-5-11(19)6-4-10/h3-9,16H,1-2H3,(H,24,26)(H2,23,25,29)/t16-/m0/s1. The van der Waals surface area contributed by atoms with Gasteiger partial charge in [0.1, 0.15) is 17.7 Å². The summed E-state index contributed by atoms with van der Waals surface area (Å²) >= 11 is 29.2. The molecular weight excluding hydrogens is 480 g/mol. The second-order valence-corrected chi connectivity index (χ2v) is 8.83. The number of ether oxygens (including phenoxy) is 2. The molecule has 0 aromatic heterocycles. The highest BCUT2D eigenvalue weighted by Gasteiger charge is 2.35. The van der Waals surface area contributed by atoms with E-state index < -0.39 is 15.9 Å². The van der Waals surface area contributed by atoms with E-state index in [9.17, 15) is 4.79 Å². The number of rotatable bonds is 6. The Bertz CT molecular complexity index is 876. The lowest BCUT2D eigenvalue weighted by molar-refractivity contribution is 0.0934. The highest BCUT2D eigenvalue weighted by atomic mass is 35.6. The zero-order valence-corrected chi connectivity index (χ0v) is 19.1. The molecule has 2 aromatic rings. The number of amides is 1. The smallest absolute Gasteiger partial charge is 0.252 e. The van der Waals surface area contributed by atoms with Crippen molar-refractivity contribution < 1.29 is 14.3 Å². The molecule has 0 spiro atoms. The number of nitrogens with one attached hydrogen (secondary N) is 3. The first-order chi connectivity index (χ1) is 13.6. The number of carbonyl (C=O) groups is 1. The van der Waals surface area contributed by atoms with Gasteiger partial charge in [0, 0.05) is 16.7 Å². The number of methoxy groups -OCH3 is 2. The van der Waals surface area contributed by atoms with Crippen molar-refractivity contribution in [1.29, 1.82) is 0 Å². The molecule has 0 aliphatic heterocycles. The first-order valence-corrected chi connectivity index (χ1v) is 9.98. The second-order valence-electron chi connectivity index (χ2n) is 5.62. The molecule has 11 heteroatoms. The monoisotopic (exact) mass is 495 g/mol. The summed E-state index contributed by atoms with van der Waals surface area (Å²) in [6, 6.07) is 11.4. The van der Waals surface area contributed by atoms with Crippen molar-refractivity contribution in [3.05, 3.63) is 53.1 Å². The van der Waals surface area contributed by atoms with Crippen LogP contribution in [0.2, 0.25) is 5.02 Å². The van der Waals surface area contributed by atoms with Gasteiger partial charge in [0.15, 0.2) is 5.11 Å². The van der Waals surface area contributed by atoms with E-state index in [1.165, 1.54) is 14.2 Å². The minimum absolute atomic E-state index is 0.0873. The van der Waals surface area contributed by atoms with Gasteiger partial charge in [-0.3, -0.25) is 4.79 Å². The van der Waals surface area contributed by atoms with Crippen molar-refractivity contribution in [1.82, 2.24) is 10.6 Å². The van der Waals surface area contributed by atoms with E-state index in [2.05, 4.69) is 16.0 Å². The molecule has 3 N–H and O–H groups in total. The van der Waals surface area contributed by atoms with Crippen LogP contribution in [0.15, 0.2) is 42.5 Å². The number of anilines is 1. The van der Waals surface area contributed by atoms with Crippen LogP contribution in [0, 0.1) is 0 Å². The van der Waals surface area contributed by atoms with E-state index in [4.69, 9.17) is 68.1 Å². The Morgan fingerprint density at radius 3 is 2.24 bits per heavy atom. The van der Waals surface area contributed by atoms with Gasteiger partial charge in [0.2, 0.25) is 3.79 Å². The fraction of sp³-hybridized carbons (Fsp3) is 0.222. The summed E-state index contributed by atoms with van der Waals surface area (Å²) in [5.74, 6) is 0.628. The molecule has 1 amide bonds. The molecule has 0 heterocycles. The van der Waals surface area contributed by atoms with Gasteiger partial charge >= 0.3 is 0 Å². The summed E-state index contributed by atoms with van der Waals surface area (Å²) < 4.78 is 8.58. The fourth-order valence-electron chi connectivity index (χ4n) is 2.22. The lowest BCUT2D eigenvalue weighted by Gasteiger charge is -2.28. The Labute approximate surface area is 193 Å². The maximum absolute atomic E-state index is 12.5. The first kappa shape index (κ1) is 23.6. The summed E-state index contributed by atoms with van der Waals surface area (Å²) in [6.07, 6.45) is -1.13. The second kappa shape index (κ2) is 10.4. The molecule has 2 aromatic carbocycles. The summed E-state index contributed by atoms with van der Waals surface area (Å²) in [5.41, 5.74) is 0.861. The largest absolute Gasteiger partial charge is 0.497 e. The Morgan fingerprint density at radius 1 is 1.03 bits per heavy atom. The number of hydrogen-bond acceptors (Lipinski definition) is 4. The Hall–Kier alpha value is -1.64. The number of halogens is 4. The van der Waals surface area contributed by atoms with Crippen LogP contribution >= 0.6 is 58.6 Å². The van der Waals surface area contributed by atoms with Crippen LogP contribution in [0.3, 0.4) is 0 Å². The predicted molar refractivity (Wildman–Crippen MR) is 122 cm³/mol. The lowest BCUT2D eigenvalue weighted by atomic mass is 10.2. The SMILES string of the molecule is COc1ccc(OC)c(NC(=S)N[C@H](NC(=O)c2ccc(Cl)cc2)C(Cl)(Cl)Cl)c1. The van der Waals surface area contributed by atoms with Crippen molar-refractivity contribution in [3.63, 3.8) is 0 Å². The van der Waals surface area contributed by atoms with E-state index >= 15 is 0 Å². The molecule has 0 saturated heterocycles. The van der Waals surface area contributed by atoms with Gasteiger partial charge in [0.05, 0.1) is 19.9 Å². The molecule has 29 heavy (non-hydrogen) atoms. The molecular formula is C18H17Cl4N3O3S. The third-order valence-electron chi connectivity index (χ3n) is 3.64. The van der Waals surface area contributed by atoms with E-state index in [1.54, 1.807) is 42.5 Å². The molecule has 156 valence electrons. The summed E-state index contributed by atoms with van der Waals surface area (Å²) in [4.78, 5) is 12.5. The molecule has 0 unspecified atom stereocenters. The topological polar surface area (TPSA) is 71.6 Å². The van der Waals surface area contributed by atoms with Crippen LogP contribution in [0.25, 0.3) is 0 Å². The van der Waals surface area contributed by atoms with Gasteiger partial charge in [0.25, 0.3) is 5.91 Å². The highest BCUT2D eigenvalue weighted by Crippen LogP contribution is 2.31. The number of alkyl halides is 3. The maximum atomic E-state index is 12.5. The van der Waals surface area contributed by atoms with Gasteiger partial charge in [-0.05, 0) is 48.6 Å². The van der Waals surface area contributed by atoms with Crippen molar-refractivity contribution in [2.24, 2.45) is 0 Å². The van der Waals surface area contributed by atoms with Crippen LogP contribution in [0.5, 0.6) is 11.5 Å². The van der Waals surface area contributed by atoms with Crippen LogP contribution in [-0.4, -0.2) is 35.2 Å². The zero-order chi connectivity index (χ0) is 21.6. The average molecular weight is 497 g/mol. The number of benzene rings is 2. The van der Waals surface area contributed by atoms with Gasteiger partial charge in [-0.25, -0.2) is 0 Å².